The van der Waals surface area contributed by atoms with E-state index < -0.39 is 15.6 Å². The molecule has 2 fully saturated rings. The van der Waals surface area contributed by atoms with Gasteiger partial charge < -0.3 is 9.67 Å². The highest BCUT2D eigenvalue weighted by atomic mass is 32.2. The molecule has 1 saturated heterocycles. The number of hydrogen-bond donors (Lipinski definition) is 1. The van der Waals surface area contributed by atoms with Crippen LogP contribution >= 0.6 is 0 Å². The average Bonchev–Trinajstić information content (AvgIpc) is 2.97. The van der Waals surface area contributed by atoms with Gasteiger partial charge in [0.2, 0.25) is 0 Å². The summed E-state index contributed by atoms with van der Waals surface area (Å²) < 4.78 is 27.1. The van der Waals surface area contributed by atoms with Crippen molar-refractivity contribution in [3.63, 3.8) is 0 Å². The number of aromatic nitrogens is 2. The van der Waals surface area contributed by atoms with Crippen molar-refractivity contribution in [3.05, 3.63) is 12.5 Å². The molecule has 1 aromatic rings. The predicted molar refractivity (Wildman–Crippen MR) is 59.6 cm³/mol. The smallest absolute Gasteiger partial charge is 0.262 e. The molecule has 1 aromatic heterocycles. The molecule has 0 radical (unpaired) electrons. The van der Waals surface area contributed by atoms with Crippen molar-refractivity contribution in [1.82, 2.24) is 13.9 Å². The van der Waals surface area contributed by atoms with E-state index >= 15 is 0 Å². The van der Waals surface area contributed by atoms with Crippen LogP contribution in [0.2, 0.25) is 0 Å². The van der Waals surface area contributed by atoms with Crippen molar-refractivity contribution < 1.29 is 13.5 Å². The van der Waals surface area contributed by atoms with Crippen LogP contribution in [0.3, 0.4) is 0 Å². The lowest BCUT2D eigenvalue weighted by molar-refractivity contribution is -0.0765. The molecule has 0 spiro atoms. The highest BCUT2D eigenvalue weighted by Gasteiger charge is 2.55. The molecule has 1 aliphatic heterocycles. The maximum atomic E-state index is 12.1. The molecular formula is C10H15N3O3S. The second-order valence-corrected chi connectivity index (χ2v) is 6.91. The molecule has 7 heteroatoms. The Balaban J connectivity index is 1.78. The summed E-state index contributed by atoms with van der Waals surface area (Å²) >= 11 is 0. The molecule has 6 nitrogen and oxygen atoms in total. The Hall–Kier alpha value is -0.920. The number of aryl methyl sites for hydroxylation is 1. The lowest BCUT2D eigenvalue weighted by Crippen LogP contribution is -2.64. The number of imidazole rings is 1. The standard InChI is InChI=1S/C10H15N3O3S/c1-12-4-9(11-7-12)17(15,16)13-5-10(14,6-13)8-2-3-8/h4,7-8,14H,2-3,5-6H2,1H3. The van der Waals surface area contributed by atoms with Crippen LogP contribution in [0.5, 0.6) is 0 Å². The number of nitrogens with zero attached hydrogens (tertiary/aromatic N) is 3. The van der Waals surface area contributed by atoms with E-state index in [1.54, 1.807) is 11.6 Å². The van der Waals surface area contributed by atoms with E-state index in [2.05, 4.69) is 4.98 Å². The summed E-state index contributed by atoms with van der Waals surface area (Å²) in [5.41, 5.74) is -0.790. The first-order valence-electron chi connectivity index (χ1n) is 5.62. The number of rotatable bonds is 3. The zero-order chi connectivity index (χ0) is 12.3. The van der Waals surface area contributed by atoms with E-state index in [4.69, 9.17) is 0 Å². The van der Waals surface area contributed by atoms with Crippen LogP contribution in [-0.2, 0) is 17.1 Å². The molecule has 0 aromatic carbocycles. The monoisotopic (exact) mass is 257 g/mol. The third-order valence-electron chi connectivity index (χ3n) is 3.52. The van der Waals surface area contributed by atoms with E-state index in [-0.39, 0.29) is 24.0 Å². The van der Waals surface area contributed by atoms with Gasteiger partial charge in [-0.05, 0) is 18.8 Å². The number of aliphatic hydroxyl groups is 1. The minimum absolute atomic E-state index is 0.0536. The van der Waals surface area contributed by atoms with Crippen LogP contribution in [0.4, 0.5) is 0 Å². The van der Waals surface area contributed by atoms with Crippen LogP contribution < -0.4 is 0 Å². The van der Waals surface area contributed by atoms with E-state index in [1.165, 1.54) is 16.8 Å². The Morgan fingerprint density at radius 3 is 2.59 bits per heavy atom. The zero-order valence-electron chi connectivity index (χ0n) is 9.57. The Kier molecular flexibility index (Phi) is 2.17. The quantitative estimate of drug-likeness (QED) is 0.797. The van der Waals surface area contributed by atoms with Crippen LogP contribution in [0, 0.1) is 5.92 Å². The molecular weight excluding hydrogens is 242 g/mol. The third-order valence-corrected chi connectivity index (χ3v) is 5.20. The van der Waals surface area contributed by atoms with Gasteiger partial charge in [0.15, 0.2) is 5.03 Å². The fourth-order valence-corrected chi connectivity index (χ4v) is 3.80. The van der Waals surface area contributed by atoms with Crippen molar-refractivity contribution in [3.8, 4) is 0 Å². The third kappa shape index (κ3) is 1.69. The Labute approximate surface area is 99.9 Å². The second-order valence-electron chi connectivity index (χ2n) is 5.03. The molecule has 1 saturated carbocycles. The summed E-state index contributed by atoms with van der Waals surface area (Å²) in [7, 11) is -1.79. The molecule has 0 unspecified atom stereocenters. The fourth-order valence-electron chi connectivity index (χ4n) is 2.27. The maximum absolute atomic E-state index is 12.1. The van der Waals surface area contributed by atoms with E-state index in [9.17, 15) is 13.5 Å². The van der Waals surface area contributed by atoms with Crippen LogP contribution in [0.1, 0.15) is 12.8 Å². The normalized spacial score (nSPS) is 24.6. The first-order chi connectivity index (χ1) is 7.92. The van der Waals surface area contributed by atoms with Gasteiger partial charge in [0.1, 0.15) is 0 Å². The molecule has 0 amide bonds. The van der Waals surface area contributed by atoms with E-state index in [0.29, 0.717) is 0 Å². The van der Waals surface area contributed by atoms with Gasteiger partial charge in [-0.3, -0.25) is 0 Å². The molecule has 0 atom stereocenters. The van der Waals surface area contributed by atoms with Crippen molar-refractivity contribution in [2.24, 2.45) is 13.0 Å². The molecule has 2 aliphatic rings. The number of hydrogen-bond acceptors (Lipinski definition) is 4. The number of β-amino-alcohol motifs (C(OH)–C–C–N with tert-alkyl or cyclic N) is 1. The van der Waals surface area contributed by atoms with Crippen molar-refractivity contribution in [2.45, 2.75) is 23.5 Å². The van der Waals surface area contributed by atoms with Crippen molar-refractivity contribution in [1.29, 1.82) is 0 Å². The topological polar surface area (TPSA) is 75.4 Å². The molecule has 0 bridgehead atoms. The summed E-state index contributed by atoms with van der Waals surface area (Å²) in [4.78, 5) is 3.85. The summed E-state index contributed by atoms with van der Waals surface area (Å²) in [6.07, 6.45) is 4.95. The van der Waals surface area contributed by atoms with Gasteiger partial charge in [0.05, 0.1) is 11.9 Å². The van der Waals surface area contributed by atoms with Gasteiger partial charge >= 0.3 is 0 Å². The highest BCUT2D eigenvalue weighted by Crippen LogP contribution is 2.45. The lowest BCUT2D eigenvalue weighted by Gasteiger charge is -2.45. The molecule has 2 heterocycles. The molecule has 3 rings (SSSR count). The zero-order valence-corrected chi connectivity index (χ0v) is 10.4. The van der Waals surface area contributed by atoms with Crippen molar-refractivity contribution in [2.75, 3.05) is 13.1 Å². The van der Waals surface area contributed by atoms with Crippen LogP contribution in [-0.4, -0.2) is 46.1 Å². The lowest BCUT2D eigenvalue weighted by atomic mass is 9.91. The van der Waals surface area contributed by atoms with Gasteiger partial charge in [-0.1, -0.05) is 0 Å². The van der Waals surface area contributed by atoms with Gasteiger partial charge in [-0.25, -0.2) is 13.4 Å². The first-order valence-corrected chi connectivity index (χ1v) is 7.06. The first kappa shape index (κ1) is 11.2. The fraction of sp³-hybridized carbons (Fsp3) is 0.700. The molecule has 1 N–H and O–H groups in total. The van der Waals surface area contributed by atoms with Gasteiger partial charge in [0, 0.05) is 26.3 Å². The van der Waals surface area contributed by atoms with Gasteiger partial charge in [-0.15, -0.1) is 0 Å². The Morgan fingerprint density at radius 2 is 2.12 bits per heavy atom. The van der Waals surface area contributed by atoms with Gasteiger partial charge in [-0.2, -0.15) is 4.31 Å². The molecule has 1 aliphatic carbocycles. The highest BCUT2D eigenvalue weighted by molar-refractivity contribution is 7.89. The molecule has 94 valence electrons. The molecule has 17 heavy (non-hydrogen) atoms. The van der Waals surface area contributed by atoms with Gasteiger partial charge in [0.25, 0.3) is 10.0 Å². The largest absolute Gasteiger partial charge is 0.387 e. The van der Waals surface area contributed by atoms with Crippen molar-refractivity contribution >= 4 is 10.0 Å². The van der Waals surface area contributed by atoms with E-state index in [0.717, 1.165) is 12.8 Å². The number of sulfonamides is 1. The maximum Gasteiger partial charge on any atom is 0.262 e. The minimum Gasteiger partial charge on any atom is -0.387 e. The summed E-state index contributed by atoms with van der Waals surface area (Å²) in [5, 5.41) is 10.2. The summed E-state index contributed by atoms with van der Waals surface area (Å²) in [6.45, 7) is 0.410. The summed E-state index contributed by atoms with van der Waals surface area (Å²) in [6, 6.07) is 0. The summed E-state index contributed by atoms with van der Waals surface area (Å²) in [5.74, 6) is 0.290. The Bertz CT molecular complexity index is 541. The SMILES string of the molecule is Cn1cnc(S(=O)(=O)N2CC(O)(C3CC3)C2)c1. The minimum atomic E-state index is -3.52. The second kappa shape index (κ2) is 3.30. The van der Waals surface area contributed by atoms with E-state index in [1.807, 2.05) is 0 Å². The van der Waals surface area contributed by atoms with Crippen LogP contribution in [0.15, 0.2) is 17.6 Å². The van der Waals surface area contributed by atoms with Crippen LogP contribution in [0.25, 0.3) is 0 Å². The average molecular weight is 257 g/mol. The Morgan fingerprint density at radius 1 is 1.47 bits per heavy atom. The predicted octanol–water partition coefficient (Wildman–Crippen LogP) is -0.435.